The molecule has 2 fully saturated rings. The van der Waals surface area contributed by atoms with Crippen LogP contribution in [0.2, 0.25) is 0 Å². The zero-order valence-corrected chi connectivity index (χ0v) is 22.1. The van der Waals surface area contributed by atoms with E-state index < -0.39 is 23.3 Å². The van der Waals surface area contributed by atoms with Crippen molar-refractivity contribution in [2.24, 2.45) is 5.92 Å². The lowest BCUT2D eigenvalue weighted by atomic mass is 9.67. The Morgan fingerprint density at radius 3 is 2.53 bits per heavy atom. The fourth-order valence-electron chi connectivity index (χ4n) is 6.48. The van der Waals surface area contributed by atoms with Gasteiger partial charge < -0.3 is 25.3 Å². The van der Waals surface area contributed by atoms with Crippen LogP contribution >= 0.6 is 0 Å². The number of nitrogens with one attached hydrogen (secondary N) is 1. The maximum Gasteiger partial charge on any atom is 0.246 e. The topological polar surface area (TPSA) is 76.0 Å². The molecule has 2 saturated heterocycles. The van der Waals surface area contributed by atoms with Crippen LogP contribution in [0, 0.1) is 24.5 Å². The Morgan fingerprint density at radius 1 is 1.13 bits per heavy atom. The highest BCUT2D eigenvalue weighted by Gasteiger charge is 2.47. The van der Waals surface area contributed by atoms with Gasteiger partial charge in [0.15, 0.2) is 0 Å². The second-order valence-corrected chi connectivity index (χ2v) is 11.5. The average molecular weight is 526 g/mol. The summed E-state index contributed by atoms with van der Waals surface area (Å²) in [6, 6.07) is 9.75. The summed E-state index contributed by atoms with van der Waals surface area (Å²) in [7, 11) is 0. The van der Waals surface area contributed by atoms with Crippen LogP contribution in [0.4, 0.5) is 14.5 Å². The van der Waals surface area contributed by atoms with Gasteiger partial charge in [-0.1, -0.05) is 19.1 Å². The summed E-state index contributed by atoms with van der Waals surface area (Å²) in [5, 5.41) is 25.9. The van der Waals surface area contributed by atoms with Crippen molar-refractivity contribution in [3.05, 3.63) is 70.8 Å². The van der Waals surface area contributed by atoms with Crippen molar-refractivity contribution in [3.63, 3.8) is 0 Å². The number of likely N-dealkylation sites (tertiary alicyclic amines) is 2. The van der Waals surface area contributed by atoms with Gasteiger partial charge in [-0.25, -0.2) is 8.78 Å². The smallest absolute Gasteiger partial charge is 0.246 e. The van der Waals surface area contributed by atoms with Crippen LogP contribution < -0.4 is 5.32 Å². The molecule has 0 aliphatic carbocycles. The van der Waals surface area contributed by atoms with Gasteiger partial charge in [0.2, 0.25) is 5.91 Å². The van der Waals surface area contributed by atoms with Crippen molar-refractivity contribution in [3.8, 4) is 0 Å². The van der Waals surface area contributed by atoms with Gasteiger partial charge in [0.1, 0.15) is 11.6 Å². The minimum Gasteiger partial charge on any atom is -0.389 e. The first-order chi connectivity index (χ1) is 18.1. The molecule has 3 N–H and O–H groups in total. The lowest BCUT2D eigenvalue weighted by Crippen LogP contribution is -2.58. The number of halogens is 2. The van der Waals surface area contributed by atoms with Crippen LogP contribution in [0.5, 0.6) is 0 Å². The SMILES string of the molecule is Cc1ccc2c(c1)NC[C@@]21CCN(CC(O)C2(O)CCN(C(=O)C=Cc3cc(F)cc(F)c3)CC2)C[C@@H]1C. The summed E-state index contributed by atoms with van der Waals surface area (Å²) in [5.41, 5.74) is 2.98. The fourth-order valence-corrected chi connectivity index (χ4v) is 6.48. The van der Waals surface area contributed by atoms with Gasteiger partial charge in [0.25, 0.3) is 0 Å². The first-order valence-electron chi connectivity index (χ1n) is 13.5. The van der Waals surface area contributed by atoms with E-state index >= 15 is 0 Å². The number of benzene rings is 2. The number of carbonyl (C=O) groups is 1. The molecule has 2 aromatic rings. The summed E-state index contributed by atoms with van der Waals surface area (Å²) in [5.74, 6) is -1.30. The number of nitrogens with zero attached hydrogens (tertiary/aromatic N) is 2. The number of aliphatic hydroxyl groups is 2. The van der Waals surface area contributed by atoms with E-state index in [1.165, 1.54) is 29.0 Å². The van der Waals surface area contributed by atoms with E-state index in [1.54, 1.807) is 4.90 Å². The third kappa shape index (κ3) is 5.22. The normalized spacial score (nSPS) is 25.9. The van der Waals surface area contributed by atoms with Crippen LogP contribution in [-0.4, -0.2) is 76.9 Å². The lowest BCUT2D eigenvalue weighted by Gasteiger charge is -2.47. The third-order valence-electron chi connectivity index (χ3n) is 8.95. The van der Waals surface area contributed by atoms with Gasteiger partial charge in [-0.15, -0.1) is 0 Å². The summed E-state index contributed by atoms with van der Waals surface area (Å²) in [4.78, 5) is 16.4. The number of carbonyl (C=O) groups excluding carboxylic acids is 1. The zero-order chi connectivity index (χ0) is 27.1. The number of hydrogen-bond acceptors (Lipinski definition) is 5. The molecule has 0 radical (unpaired) electrons. The molecule has 3 aliphatic rings. The Hall–Kier alpha value is -2.81. The molecule has 3 heterocycles. The highest BCUT2D eigenvalue weighted by Crippen LogP contribution is 2.47. The fraction of sp³-hybridized carbons (Fsp3) is 0.500. The minimum atomic E-state index is -1.26. The number of aryl methyl sites for hydroxylation is 1. The van der Waals surface area contributed by atoms with E-state index in [9.17, 15) is 23.8 Å². The zero-order valence-electron chi connectivity index (χ0n) is 22.1. The van der Waals surface area contributed by atoms with E-state index in [1.807, 2.05) is 0 Å². The van der Waals surface area contributed by atoms with Gasteiger partial charge in [0, 0.05) is 56.0 Å². The number of β-amino-alcohol motifs (C(OH)–C–C–N with tert-alkyl or cyclic N) is 1. The van der Waals surface area contributed by atoms with Crippen LogP contribution in [0.25, 0.3) is 6.08 Å². The number of fused-ring (bicyclic) bond motifs is 2. The third-order valence-corrected chi connectivity index (χ3v) is 8.95. The van der Waals surface area contributed by atoms with Crippen LogP contribution in [0.3, 0.4) is 0 Å². The standard InChI is InChI=1S/C30H37F2N3O3/c1-20-3-5-25-26(13-20)33-19-29(25)7-10-34(17-21(29)2)18-27(36)30(38)8-11-35(12-9-30)28(37)6-4-22-14-23(31)16-24(32)15-22/h3-6,13-16,21,27,33,36,38H,7-12,17-19H2,1-2H3/t21-,27?,29+/m0/s1. The molecule has 5 rings (SSSR count). The van der Waals surface area contributed by atoms with E-state index in [0.717, 1.165) is 44.3 Å². The number of anilines is 1. The molecular formula is C30H37F2N3O3. The predicted molar refractivity (Wildman–Crippen MR) is 144 cm³/mol. The Morgan fingerprint density at radius 2 is 1.84 bits per heavy atom. The van der Waals surface area contributed by atoms with Gasteiger partial charge in [0.05, 0.1) is 11.7 Å². The average Bonchev–Trinajstić information content (AvgIpc) is 3.23. The van der Waals surface area contributed by atoms with E-state index in [-0.39, 0.29) is 29.7 Å². The summed E-state index contributed by atoms with van der Waals surface area (Å²) < 4.78 is 26.8. The highest BCUT2D eigenvalue weighted by molar-refractivity contribution is 5.91. The number of piperidine rings is 2. The molecule has 6 nitrogen and oxygen atoms in total. The maximum absolute atomic E-state index is 13.4. The monoisotopic (exact) mass is 525 g/mol. The van der Waals surface area contributed by atoms with Gasteiger partial charge in [-0.2, -0.15) is 0 Å². The molecule has 204 valence electrons. The molecule has 1 spiro atoms. The lowest BCUT2D eigenvalue weighted by molar-refractivity contribution is -0.140. The van der Waals surface area contributed by atoms with Crippen molar-refractivity contribution in [2.45, 2.75) is 50.2 Å². The molecule has 38 heavy (non-hydrogen) atoms. The Balaban J connectivity index is 1.14. The van der Waals surface area contributed by atoms with Gasteiger partial charge in [-0.05, 0) is 79.6 Å². The predicted octanol–water partition coefficient (Wildman–Crippen LogP) is 3.71. The molecule has 1 unspecified atom stereocenters. The minimum absolute atomic E-state index is 0.0951. The highest BCUT2D eigenvalue weighted by atomic mass is 19.1. The molecule has 3 atom stereocenters. The van der Waals surface area contributed by atoms with Crippen LogP contribution in [-0.2, 0) is 10.2 Å². The molecule has 0 bridgehead atoms. The number of hydrogen-bond donors (Lipinski definition) is 3. The largest absolute Gasteiger partial charge is 0.389 e. The Labute approximate surface area is 223 Å². The van der Waals surface area contributed by atoms with Crippen molar-refractivity contribution in [1.82, 2.24) is 9.80 Å². The molecule has 0 saturated carbocycles. The Kier molecular flexibility index (Phi) is 7.33. The number of amides is 1. The van der Waals surface area contributed by atoms with Crippen molar-refractivity contribution >= 4 is 17.7 Å². The van der Waals surface area contributed by atoms with Crippen molar-refractivity contribution in [1.29, 1.82) is 0 Å². The molecule has 0 aromatic heterocycles. The summed E-state index contributed by atoms with van der Waals surface area (Å²) in [6.07, 6.45) is 3.29. The van der Waals surface area contributed by atoms with Crippen molar-refractivity contribution < 1.29 is 23.8 Å². The molecule has 1 amide bonds. The quantitative estimate of drug-likeness (QED) is 0.519. The molecular weight excluding hydrogens is 488 g/mol. The van der Waals surface area contributed by atoms with E-state index in [2.05, 4.69) is 42.3 Å². The van der Waals surface area contributed by atoms with Gasteiger partial charge >= 0.3 is 0 Å². The first-order valence-corrected chi connectivity index (χ1v) is 13.5. The van der Waals surface area contributed by atoms with Gasteiger partial charge in [-0.3, -0.25) is 4.79 Å². The summed E-state index contributed by atoms with van der Waals surface area (Å²) >= 11 is 0. The van der Waals surface area contributed by atoms with E-state index in [0.29, 0.717) is 25.6 Å². The second-order valence-electron chi connectivity index (χ2n) is 11.5. The molecule has 2 aromatic carbocycles. The number of rotatable bonds is 5. The second kappa shape index (κ2) is 10.4. The van der Waals surface area contributed by atoms with Crippen LogP contribution in [0.15, 0.2) is 42.5 Å². The molecule has 8 heteroatoms. The first kappa shape index (κ1) is 26.8. The number of aliphatic hydroxyl groups excluding tert-OH is 1. The summed E-state index contributed by atoms with van der Waals surface area (Å²) in [6.45, 7) is 8.01. The Bertz CT molecular complexity index is 1210. The maximum atomic E-state index is 13.4. The van der Waals surface area contributed by atoms with Crippen LogP contribution in [0.1, 0.15) is 42.9 Å². The molecule has 3 aliphatic heterocycles. The van der Waals surface area contributed by atoms with Crippen molar-refractivity contribution in [2.75, 3.05) is 44.6 Å². The van der Waals surface area contributed by atoms with E-state index in [4.69, 9.17) is 0 Å².